The van der Waals surface area contributed by atoms with Crippen LogP contribution in [-0.2, 0) is 5.41 Å². The first-order valence-electron chi connectivity index (χ1n) is 22.5. The summed E-state index contributed by atoms with van der Waals surface area (Å²) in [6.07, 6.45) is 0. The third kappa shape index (κ3) is 5.60. The number of hydrogen-bond donors (Lipinski definition) is 0. The molecule has 1 aromatic heterocycles. The molecule has 65 heavy (non-hydrogen) atoms. The number of hydrogen-bond acceptors (Lipinski definition) is 1. The van der Waals surface area contributed by atoms with Crippen molar-refractivity contribution in [2.75, 3.05) is 4.90 Å². The average molecular weight is 827 g/mol. The van der Waals surface area contributed by atoms with Crippen molar-refractivity contribution in [1.82, 2.24) is 4.57 Å². The predicted molar refractivity (Wildman–Crippen MR) is 273 cm³/mol. The molecule has 0 radical (unpaired) electrons. The second kappa shape index (κ2) is 14.8. The second-order valence-corrected chi connectivity index (χ2v) is 17.2. The number of anilines is 3. The van der Waals surface area contributed by atoms with Crippen molar-refractivity contribution in [1.29, 1.82) is 0 Å². The molecular weight excluding hydrogens is 785 g/mol. The van der Waals surface area contributed by atoms with E-state index in [1.165, 1.54) is 87.9 Å². The summed E-state index contributed by atoms with van der Waals surface area (Å²) in [7, 11) is 0. The number of aromatic nitrogens is 1. The van der Waals surface area contributed by atoms with Gasteiger partial charge in [-0.1, -0.05) is 200 Å². The van der Waals surface area contributed by atoms with Gasteiger partial charge in [0.2, 0.25) is 0 Å². The Morgan fingerprint density at radius 1 is 0.323 bits per heavy atom. The van der Waals surface area contributed by atoms with E-state index in [1.54, 1.807) is 0 Å². The predicted octanol–water partition coefficient (Wildman–Crippen LogP) is 16.6. The topological polar surface area (TPSA) is 8.17 Å². The lowest BCUT2D eigenvalue weighted by Crippen LogP contribution is -2.28. The lowest BCUT2D eigenvalue weighted by molar-refractivity contribution is 0.767. The Bertz CT molecular complexity index is 3730. The lowest BCUT2D eigenvalue weighted by Gasteiger charge is -2.34. The van der Waals surface area contributed by atoms with Gasteiger partial charge in [0.1, 0.15) is 0 Å². The summed E-state index contributed by atoms with van der Waals surface area (Å²) in [6.45, 7) is 0. The first-order chi connectivity index (χ1) is 32.3. The Hall–Kier alpha value is -8.46. The van der Waals surface area contributed by atoms with E-state index in [0.717, 1.165) is 22.7 Å². The number of benzene rings is 11. The third-order valence-electron chi connectivity index (χ3n) is 13.8. The highest BCUT2D eigenvalue weighted by molar-refractivity contribution is 6.13. The molecule has 0 spiro atoms. The van der Waals surface area contributed by atoms with Gasteiger partial charge in [0, 0.05) is 32.9 Å². The Morgan fingerprint density at radius 2 is 0.892 bits per heavy atom. The van der Waals surface area contributed by atoms with Crippen LogP contribution in [0.5, 0.6) is 0 Å². The normalized spacial score (nSPS) is 12.7. The van der Waals surface area contributed by atoms with Crippen LogP contribution in [0.3, 0.4) is 0 Å². The Kier molecular flexibility index (Phi) is 8.47. The van der Waals surface area contributed by atoms with Gasteiger partial charge in [0.15, 0.2) is 0 Å². The van der Waals surface area contributed by atoms with Gasteiger partial charge in [0.05, 0.1) is 27.8 Å². The van der Waals surface area contributed by atoms with E-state index in [0.29, 0.717) is 0 Å². The van der Waals surface area contributed by atoms with Crippen LogP contribution in [0.1, 0.15) is 22.3 Å². The maximum atomic E-state index is 2.47. The number of nitrogens with zero attached hydrogens (tertiary/aromatic N) is 2. The van der Waals surface area contributed by atoms with Crippen LogP contribution in [-0.4, -0.2) is 4.57 Å². The van der Waals surface area contributed by atoms with Crippen molar-refractivity contribution >= 4 is 60.4 Å². The molecule has 1 aliphatic rings. The van der Waals surface area contributed by atoms with E-state index in [2.05, 4.69) is 264 Å². The molecule has 1 aliphatic carbocycles. The molecule has 12 aromatic rings. The fraction of sp³-hybridized carbons (Fsp3) is 0.0159. The van der Waals surface area contributed by atoms with Crippen LogP contribution < -0.4 is 4.90 Å². The SMILES string of the molecule is c1ccc(N(c2cccc3ccccc23)c2ccc(-c3ccc4c(c3)c3ccccc3n4-c3ccc4c(c3)C(c3ccccc3)(c3ccccc3)c3ccccc3-4)c3ccccc23)cc1. The molecule has 11 aromatic carbocycles. The van der Waals surface area contributed by atoms with Crippen LogP contribution in [0.25, 0.3) is 71.3 Å². The van der Waals surface area contributed by atoms with Crippen LogP contribution in [0.2, 0.25) is 0 Å². The molecule has 0 fully saturated rings. The first kappa shape index (κ1) is 37.1. The minimum atomic E-state index is -0.479. The fourth-order valence-corrected chi connectivity index (χ4v) is 11.1. The lowest BCUT2D eigenvalue weighted by atomic mass is 9.67. The number of para-hydroxylation sites is 2. The van der Waals surface area contributed by atoms with E-state index in [-0.39, 0.29) is 0 Å². The number of rotatable bonds is 7. The standard InChI is InChI=1S/C63H42N2/c1-4-21-45(22-5-1)63(46-23-6-2-7-24-46)57-32-16-14-29-52(57)53-37-36-48(42-58(53)63)65-60-33-17-15-31-55(60)56-41-44(35-39-62(56)65)49-38-40-61(54-30-13-12-28-51(49)54)64(47-25-8-3-9-26-47)59-34-18-20-43-19-10-11-27-50(43)59/h1-42H. The first-order valence-corrected chi connectivity index (χ1v) is 22.5. The molecule has 0 aliphatic heterocycles. The fourth-order valence-electron chi connectivity index (χ4n) is 11.1. The van der Waals surface area contributed by atoms with Gasteiger partial charge in [-0.2, -0.15) is 0 Å². The Morgan fingerprint density at radius 3 is 1.68 bits per heavy atom. The average Bonchev–Trinajstić information content (AvgIpc) is 3.87. The van der Waals surface area contributed by atoms with E-state index >= 15 is 0 Å². The van der Waals surface area contributed by atoms with E-state index in [9.17, 15) is 0 Å². The molecule has 2 heteroatoms. The quantitative estimate of drug-likeness (QED) is 0.155. The molecule has 0 amide bonds. The van der Waals surface area contributed by atoms with Gasteiger partial charge in [0.25, 0.3) is 0 Å². The van der Waals surface area contributed by atoms with Crippen molar-refractivity contribution in [2.45, 2.75) is 5.41 Å². The molecule has 0 N–H and O–H groups in total. The molecule has 0 saturated heterocycles. The maximum Gasteiger partial charge on any atom is 0.0714 e. The maximum absolute atomic E-state index is 2.47. The van der Waals surface area contributed by atoms with Gasteiger partial charge in [-0.05, 0) is 110 Å². The summed E-state index contributed by atoms with van der Waals surface area (Å²) in [6, 6.07) is 93.8. The molecule has 0 saturated carbocycles. The van der Waals surface area contributed by atoms with Gasteiger partial charge in [-0.3, -0.25) is 0 Å². The van der Waals surface area contributed by atoms with Crippen LogP contribution in [0.4, 0.5) is 17.1 Å². The van der Waals surface area contributed by atoms with Gasteiger partial charge in [-0.15, -0.1) is 0 Å². The molecule has 2 nitrogen and oxygen atoms in total. The highest BCUT2D eigenvalue weighted by Gasteiger charge is 2.46. The zero-order valence-electron chi connectivity index (χ0n) is 35.6. The van der Waals surface area contributed by atoms with Crippen molar-refractivity contribution < 1.29 is 0 Å². The zero-order chi connectivity index (χ0) is 42.9. The minimum absolute atomic E-state index is 0.479. The molecule has 0 atom stereocenters. The van der Waals surface area contributed by atoms with E-state index < -0.39 is 5.41 Å². The monoisotopic (exact) mass is 826 g/mol. The summed E-state index contributed by atoms with van der Waals surface area (Å²) in [4.78, 5) is 2.42. The highest BCUT2D eigenvalue weighted by Crippen LogP contribution is 2.57. The molecule has 1 heterocycles. The smallest absolute Gasteiger partial charge is 0.0714 e. The van der Waals surface area contributed by atoms with Crippen LogP contribution in [0, 0.1) is 0 Å². The van der Waals surface area contributed by atoms with E-state index in [1.807, 2.05) is 0 Å². The van der Waals surface area contributed by atoms with Crippen molar-refractivity contribution in [2.24, 2.45) is 0 Å². The highest BCUT2D eigenvalue weighted by atomic mass is 15.1. The van der Waals surface area contributed by atoms with Gasteiger partial charge in [-0.25, -0.2) is 0 Å². The molecule has 0 unspecified atom stereocenters. The number of fused-ring (bicyclic) bond motifs is 8. The largest absolute Gasteiger partial charge is 0.309 e. The molecule has 304 valence electrons. The third-order valence-corrected chi connectivity index (χ3v) is 13.8. The summed E-state index contributed by atoms with van der Waals surface area (Å²) in [5.74, 6) is 0. The Labute approximate surface area is 378 Å². The summed E-state index contributed by atoms with van der Waals surface area (Å²) in [5, 5.41) is 7.31. The van der Waals surface area contributed by atoms with Gasteiger partial charge >= 0.3 is 0 Å². The summed E-state index contributed by atoms with van der Waals surface area (Å²) >= 11 is 0. The second-order valence-electron chi connectivity index (χ2n) is 17.2. The van der Waals surface area contributed by atoms with Crippen molar-refractivity contribution in [3.63, 3.8) is 0 Å². The summed E-state index contributed by atoms with van der Waals surface area (Å²) < 4.78 is 2.47. The van der Waals surface area contributed by atoms with Crippen molar-refractivity contribution in [3.05, 3.63) is 277 Å². The minimum Gasteiger partial charge on any atom is -0.309 e. The Balaban J connectivity index is 0.997. The molecule has 13 rings (SSSR count). The zero-order valence-corrected chi connectivity index (χ0v) is 35.6. The van der Waals surface area contributed by atoms with Gasteiger partial charge < -0.3 is 9.47 Å². The summed E-state index contributed by atoms with van der Waals surface area (Å²) in [5.41, 5.74) is 16.6. The van der Waals surface area contributed by atoms with E-state index in [4.69, 9.17) is 0 Å². The van der Waals surface area contributed by atoms with Crippen LogP contribution in [0.15, 0.2) is 255 Å². The molecule has 0 bridgehead atoms. The van der Waals surface area contributed by atoms with Crippen LogP contribution >= 0.6 is 0 Å². The van der Waals surface area contributed by atoms with Crippen molar-refractivity contribution in [3.8, 4) is 27.9 Å². The molecular formula is C63H42N2.